The van der Waals surface area contributed by atoms with Gasteiger partial charge in [0.15, 0.2) is 0 Å². The van der Waals surface area contributed by atoms with Gasteiger partial charge in [0.2, 0.25) is 0 Å². The number of rotatable bonds is 2. The lowest BCUT2D eigenvalue weighted by Gasteiger charge is -2.20. The summed E-state index contributed by atoms with van der Waals surface area (Å²) in [5.41, 5.74) is 0. The van der Waals surface area contributed by atoms with Crippen LogP contribution >= 0.6 is 0 Å². The van der Waals surface area contributed by atoms with E-state index < -0.39 is 6.17 Å². The summed E-state index contributed by atoms with van der Waals surface area (Å²) in [6.07, 6.45) is 1.30. The highest BCUT2D eigenvalue weighted by Gasteiger charge is 2.29. The first-order valence-corrected chi connectivity index (χ1v) is 4.44. The number of hydrogen-bond donors (Lipinski definition) is 0. The maximum atomic E-state index is 12.8. The third kappa shape index (κ3) is 2.44. The van der Waals surface area contributed by atoms with Crippen LogP contribution in [-0.4, -0.2) is 30.7 Å². The van der Waals surface area contributed by atoms with Crippen molar-refractivity contribution in [2.45, 2.75) is 38.9 Å². The standard InChI is InChI=1S/C9H18FN/c1-7(2)4-9-5-8(10)6-11(9)3/h7-9H,4-6H2,1-3H3/t8-,9-/m1/s1. The van der Waals surface area contributed by atoms with Gasteiger partial charge in [-0.15, -0.1) is 0 Å². The molecule has 1 rings (SSSR count). The zero-order chi connectivity index (χ0) is 8.43. The van der Waals surface area contributed by atoms with Gasteiger partial charge in [-0.2, -0.15) is 0 Å². The molecule has 1 saturated heterocycles. The van der Waals surface area contributed by atoms with E-state index in [4.69, 9.17) is 0 Å². The highest BCUT2D eigenvalue weighted by molar-refractivity contribution is 4.83. The number of likely N-dealkylation sites (tertiary alicyclic amines) is 1. The Morgan fingerprint density at radius 2 is 2.18 bits per heavy atom. The van der Waals surface area contributed by atoms with Gasteiger partial charge < -0.3 is 4.90 Å². The minimum atomic E-state index is -0.580. The molecule has 2 atom stereocenters. The van der Waals surface area contributed by atoms with Crippen molar-refractivity contribution in [1.82, 2.24) is 4.90 Å². The van der Waals surface area contributed by atoms with Crippen LogP contribution in [0.3, 0.4) is 0 Å². The molecular formula is C9H18FN. The smallest absolute Gasteiger partial charge is 0.114 e. The molecule has 2 heteroatoms. The molecule has 0 aromatic heterocycles. The van der Waals surface area contributed by atoms with E-state index in [9.17, 15) is 4.39 Å². The number of nitrogens with zero attached hydrogens (tertiary/aromatic N) is 1. The van der Waals surface area contributed by atoms with Crippen molar-refractivity contribution in [3.05, 3.63) is 0 Å². The third-order valence-electron chi connectivity index (χ3n) is 2.38. The Hall–Kier alpha value is -0.110. The van der Waals surface area contributed by atoms with Gasteiger partial charge in [0.05, 0.1) is 0 Å². The first-order valence-electron chi connectivity index (χ1n) is 4.44. The lowest BCUT2D eigenvalue weighted by Crippen LogP contribution is -2.26. The van der Waals surface area contributed by atoms with Crippen LogP contribution in [0.15, 0.2) is 0 Å². The summed E-state index contributed by atoms with van der Waals surface area (Å²) < 4.78 is 12.8. The molecule has 1 nitrogen and oxygen atoms in total. The summed E-state index contributed by atoms with van der Waals surface area (Å²) in [4.78, 5) is 2.14. The largest absolute Gasteiger partial charge is 0.300 e. The predicted octanol–water partition coefficient (Wildman–Crippen LogP) is 2.07. The van der Waals surface area contributed by atoms with Crippen molar-refractivity contribution in [2.75, 3.05) is 13.6 Å². The molecular weight excluding hydrogens is 141 g/mol. The third-order valence-corrected chi connectivity index (χ3v) is 2.38. The van der Waals surface area contributed by atoms with Gasteiger partial charge in [-0.1, -0.05) is 13.8 Å². The second-order valence-corrected chi connectivity index (χ2v) is 4.06. The van der Waals surface area contributed by atoms with E-state index in [2.05, 4.69) is 18.7 Å². The molecule has 1 aliphatic rings. The lowest BCUT2D eigenvalue weighted by atomic mass is 10.0. The Morgan fingerprint density at radius 1 is 1.55 bits per heavy atom. The van der Waals surface area contributed by atoms with Crippen LogP contribution in [0.4, 0.5) is 4.39 Å². The SMILES string of the molecule is CC(C)C[C@@H]1C[C@@H](F)CN1C. The lowest BCUT2D eigenvalue weighted by molar-refractivity contribution is 0.267. The second-order valence-electron chi connectivity index (χ2n) is 4.06. The first-order chi connectivity index (χ1) is 5.09. The van der Waals surface area contributed by atoms with Gasteiger partial charge in [-0.3, -0.25) is 0 Å². The van der Waals surface area contributed by atoms with Gasteiger partial charge in [0, 0.05) is 12.6 Å². The van der Waals surface area contributed by atoms with Crippen LogP contribution in [0.25, 0.3) is 0 Å². The second kappa shape index (κ2) is 3.53. The quantitative estimate of drug-likeness (QED) is 0.596. The zero-order valence-electron chi connectivity index (χ0n) is 7.68. The molecule has 0 radical (unpaired) electrons. The molecule has 0 aromatic rings. The molecule has 11 heavy (non-hydrogen) atoms. The number of alkyl halides is 1. The number of halogens is 1. The van der Waals surface area contributed by atoms with Crippen molar-refractivity contribution < 1.29 is 4.39 Å². The molecule has 0 bridgehead atoms. The Balaban J connectivity index is 2.34. The van der Waals surface area contributed by atoms with E-state index in [1.807, 2.05) is 7.05 Å². The molecule has 0 saturated carbocycles. The summed E-state index contributed by atoms with van der Waals surface area (Å²) in [5, 5.41) is 0. The normalized spacial score (nSPS) is 33.5. The summed E-state index contributed by atoms with van der Waals surface area (Å²) >= 11 is 0. The molecule has 0 aliphatic carbocycles. The van der Waals surface area contributed by atoms with E-state index >= 15 is 0 Å². The fourth-order valence-corrected chi connectivity index (χ4v) is 1.83. The predicted molar refractivity (Wildman–Crippen MR) is 45.4 cm³/mol. The molecule has 1 aliphatic heterocycles. The van der Waals surface area contributed by atoms with Gasteiger partial charge in [0.1, 0.15) is 6.17 Å². The van der Waals surface area contributed by atoms with E-state index in [0.717, 1.165) is 12.8 Å². The van der Waals surface area contributed by atoms with Crippen LogP contribution in [0, 0.1) is 5.92 Å². The Kier molecular flexibility index (Phi) is 2.88. The van der Waals surface area contributed by atoms with Crippen LogP contribution in [0.1, 0.15) is 26.7 Å². The Morgan fingerprint density at radius 3 is 2.55 bits per heavy atom. The van der Waals surface area contributed by atoms with Gasteiger partial charge in [-0.05, 0) is 25.8 Å². The van der Waals surface area contributed by atoms with Crippen molar-refractivity contribution >= 4 is 0 Å². The molecule has 0 N–H and O–H groups in total. The summed E-state index contributed by atoms with van der Waals surface area (Å²) in [7, 11) is 2.02. The van der Waals surface area contributed by atoms with Crippen LogP contribution < -0.4 is 0 Å². The maximum Gasteiger partial charge on any atom is 0.114 e. The highest BCUT2D eigenvalue weighted by atomic mass is 19.1. The van der Waals surface area contributed by atoms with Gasteiger partial charge in [-0.25, -0.2) is 4.39 Å². The first kappa shape index (κ1) is 8.98. The maximum absolute atomic E-state index is 12.8. The molecule has 0 aromatic carbocycles. The molecule has 0 spiro atoms. The fourth-order valence-electron chi connectivity index (χ4n) is 1.83. The van der Waals surface area contributed by atoms with E-state index in [0.29, 0.717) is 18.5 Å². The highest BCUT2D eigenvalue weighted by Crippen LogP contribution is 2.23. The van der Waals surface area contributed by atoms with Crippen LogP contribution in [0.2, 0.25) is 0 Å². The molecule has 0 unspecified atom stereocenters. The summed E-state index contributed by atoms with van der Waals surface area (Å²) in [5.74, 6) is 0.688. The average Bonchev–Trinajstić information content (AvgIpc) is 2.09. The van der Waals surface area contributed by atoms with Crippen LogP contribution in [0.5, 0.6) is 0 Å². The zero-order valence-corrected chi connectivity index (χ0v) is 7.68. The summed E-state index contributed by atoms with van der Waals surface area (Å²) in [6.45, 7) is 5.02. The fraction of sp³-hybridized carbons (Fsp3) is 1.00. The Bertz CT molecular complexity index is 125. The monoisotopic (exact) mass is 159 g/mol. The molecule has 0 amide bonds. The van der Waals surface area contributed by atoms with E-state index in [-0.39, 0.29) is 0 Å². The van der Waals surface area contributed by atoms with E-state index in [1.54, 1.807) is 0 Å². The van der Waals surface area contributed by atoms with Crippen LogP contribution in [-0.2, 0) is 0 Å². The topological polar surface area (TPSA) is 3.24 Å². The van der Waals surface area contributed by atoms with Crippen molar-refractivity contribution in [3.8, 4) is 0 Å². The van der Waals surface area contributed by atoms with E-state index in [1.165, 1.54) is 0 Å². The molecule has 66 valence electrons. The minimum Gasteiger partial charge on any atom is -0.300 e. The van der Waals surface area contributed by atoms with Gasteiger partial charge >= 0.3 is 0 Å². The summed E-state index contributed by atoms with van der Waals surface area (Å²) in [6, 6.07) is 0.491. The molecule has 1 heterocycles. The average molecular weight is 159 g/mol. The van der Waals surface area contributed by atoms with Crippen molar-refractivity contribution in [2.24, 2.45) is 5.92 Å². The van der Waals surface area contributed by atoms with Crippen molar-refractivity contribution in [3.63, 3.8) is 0 Å². The minimum absolute atomic E-state index is 0.491. The molecule has 1 fully saturated rings. The number of hydrogen-bond acceptors (Lipinski definition) is 1. The Labute approximate surface area is 68.6 Å². The van der Waals surface area contributed by atoms with Gasteiger partial charge in [0.25, 0.3) is 0 Å². The van der Waals surface area contributed by atoms with Crippen molar-refractivity contribution in [1.29, 1.82) is 0 Å².